The molecule has 4 N–H and O–H groups in total. The van der Waals surface area contributed by atoms with E-state index in [4.69, 9.17) is 5.73 Å². The van der Waals surface area contributed by atoms with Crippen LogP contribution in [0.25, 0.3) is 10.2 Å². The minimum Gasteiger partial charge on any atom is -0.370 e. The number of benzene rings is 1. The van der Waals surface area contributed by atoms with Crippen molar-refractivity contribution in [2.24, 2.45) is 16.6 Å². The summed E-state index contributed by atoms with van der Waals surface area (Å²) in [5.41, 5.74) is 6.88. The summed E-state index contributed by atoms with van der Waals surface area (Å²) in [6.07, 6.45) is 3.95. The van der Waals surface area contributed by atoms with Crippen LogP contribution in [0.1, 0.15) is 19.3 Å². The molecule has 1 fully saturated rings. The molecule has 3 rings (SSSR count). The third-order valence-electron chi connectivity index (χ3n) is 3.75. The van der Waals surface area contributed by atoms with Crippen molar-refractivity contribution >= 4 is 32.6 Å². The van der Waals surface area contributed by atoms with Crippen molar-refractivity contribution in [1.82, 2.24) is 10.3 Å². The summed E-state index contributed by atoms with van der Waals surface area (Å²) >= 11 is 1.67. The zero-order valence-electron chi connectivity index (χ0n) is 12.0. The van der Waals surface area contributed by atoms with E-state index in [0.29, 0.717) is 5.96 Å². The molecule has 1 saturated carbocycles. The molecule has 2 aromatic rings. The standard InChI is InChI=1S/C15H21N5S/c16-14(19-10-11-4-3-5-11)17-8-9-18-15-20-12-6-1-2-7-13(12)21-15/h1-2,6-7,11H,3-5,8-10H2,(H,18,20)(H3,16,17,19). The fourth-order valence-corrected chi connectivity index (χ4v) is 3.16. The number of aliphatic imine (C=N–C) groups is 1. The molecule has 1 heterocycles. The molecule has 0 bridgehead atoms. The molecular weight excluding hydrogens is 282 g/mol. The lowest BCUT2D eigenvalue weighted by molar-refractivity contribution is 0.326. The molecule has 1 aromatic carbocycles. The van der Waals surface area contributed by atoms with Gasteiger partial charge in [-0.1, -0.05) is 29.9 Å². The van der Waals surface area contributed by atoms with Crippen molar-refractivity contribution in [3.8, 4) is 0 Å². The zero-order chi connectivity index (χ0) is 14.5. The van der Waals surface area contributed by atoms with E-state index in [-0.39, 0.29) is 0 Å². The Balaban J connectivity index is 1.39. The molecule has 0 radical (unpaired) electrons. The van der Waals surface area contributed by atoms with Gasteiger partial charge in [0.1, 0.15) is 0 Å². The highest BCUT2D eigenvalue weighted by molar-refractivity contribution is 7.22. The Morgan fingerprint density at radius 3 is 2.95 bits per heavy atom. The maximum absolute atomic E-state index is 5.84. The van der Waals surface area contributed by atoms with Crippen LogP contribution in [0.15, 0.2) is 29.3 Å². The molecule has 112 valence electrons. The van der Waals surface area contributed by atoms with E-state index in [0.717, 1.165) is 36.2 Å². The monoisotopic (exact) mass is 303 g/mol. The zero-order valence-corrected chi connectivity index (χ0v) is 12.8. The van der Waals surface area contributed by atoms with Crippen LogP contribution in [-0.2, 0) is 0 Å². The highest BCUT2D eigenvalue weighted by Crippen LogP contribution is 2.26. The largest absolute Gasteiger partial charge is 0.370 e. The summed E-state index contributed by atoms with van der Waals surface area (Å²) in [5.74, 6) is 1.30. The number of anilines is 1. The number of hydrogen-bond acceptors (Lipinski definition) is 4. The van der Waals surface area contributed by atoms with Gasteiger partial charge in [-0.2, -0.15) is 0 Å². The number of nitrogens with two attached hydrogens (primary N) is 1. The number of para-hydroxylation sites is 1. The van der Waals surface area contributed by atoms with Crippen molar-refractivity contribution in [2.75, 3.05) is 25.0 Å². The van der Waals surface area contributed by atoms with Gasteiger partial charge < -0.3 is 16.4 Å². The first-order valence-corrected chi connectivity index (χ1v) is 8.26. The Kier molecular flexibility index (Phi) is 4.55. The first kappa shape index (κ1) is 14.1. The molecule has 21 heavy (non-hydrogen) atoms. The number of rotatable bonds is 6. The van der Waals surface area contributed by atoms with Crippen molar-refractivity contribution < 1.29 is 0 Å². The first-order valence-electron chi connectivity index (χ1n) is 7.44. The molecule has 1 aliphatic rings. The van der Waals surface area contributed by atoms with Crippen molar-refractivity contribution in [3.05, 3.63) is 24.3 Å². The van der Waals surface area contributed by atoms with E-state index in [1.807, 2.05) is 18.2 Å². The van der Waals surface area contributed by atoms with E-state index in [1.54, 1.807) is 11.3 Å². The predicted octanol–water partition coefficient (Wildman–Crippen LogP) is 2.41. The number of aromatic nitrogens is 1. The molecule has 6 heteroatoms. The van der Waals surface area contributed by atoms with Gasteiger partial charge in [0.25, 0.3) is 0 Å². The molecule has 0 aliphatic heterocycles. The van der Waals surface area contributed by atoms with Gasteiger partial charge in [-0.3, -0.25) is 4.99 Å². The second-order valence-corrected chi connectivity index (χ2v) is 6.39. The molecule has 0 atom stereocenters. The summed E-state index contributed by atoms with van der Waals surface area (Å²) in [7, 11) is 0. The third kappa shape index (κ3) is 3.85. The maximum Gasteiger partial charge on any atom is 0.188 e. The summed E-state index contributed by atoms with van der Waals surface area (Å²) in [6.45, 7) is 2.39. The fourth-order valence-electron chi connectivity index (χ4n) is 2.27. The van der Waals surface area contributed by atoms with Crippen molar-refractivity contribution in [2.45, 2.75) is 19.3 Å². The van der Waals surface area contributed by atoms with E-state index in [2.05, 4.69) is 26.7 Å². The second-order valence-electron chi connectivity index (χ2n) is 5.36. The number of nitrogens with one attached hydrogen (secondary N) is 2. The van der Waals surface area contributed by atoms with Gasteiger partial charge in [-0.15, -0.1) is 0 Å². The Hall–Kier alpha value is -1.82. The van der Waals surface area contributed by atoms with Crippen molar-refractivity contribution in [1.29, 1.82) is 0 Å². The Morgan fingerprint density at radius 2 is 2.19 bits per heavy atom. The van der Waals surface area contributed by atoms with E-state index >= 15 is 0 Å². The molecule has 1 aliphatic carbocycles. The topological polar surface area (TPSA) is 75.3 Å². The number of nitrogens with zero attached hydrogens (tertiary/aromatic N) is 2. The van der Waals surface area contributed by atoms with Gasteiger partial charge in [-0.25, -0.2) is 4.98 Å². The highest BCUT2D eigenvalue weighted by atomic mass is 32.1. The van der Waals surface area contributed by atoms with Crippen molar-refractivity contribution in [3.63, 3.8) is 0 Å². The highest BCUT2D eigenvalue weighted by Gasteiger charge is 2.16. The molecule has 0 spiro atoms. The SMILES string of the molecule is NC(=NCC1CCC1)NCCNc1nc2ccccc2s1. The molecule has 5 nitrogen and oxygen atoms in total. The lowest BCUT2D eigenvalue weighted by Crippen LogP contribution is -2.35. The summed E-state index contributed by atoms with van der Waals surface area (Å²) < 4.78 is 1.20. The number of hydrogen-bond donors (Lipinski definition) is 3. The lowest BCUT2D eigenvalue weighted by Gasteiger charge is -2.23. The number of thiazole rings is 1. The van der Waals surface area contributed by atoms with Crippen LogP contribution >= 0.6 is 11.3 Å². The van der Waals surface area contributed by atoms with Crippen LogP contribution in [0.2, 0.25) is 0 Å². The molecule has 0 amide bonds. The van der Waals surface area contributed by atoms with Gasteiger partial charge in [0.2, 0.25) is 0 Å². The Morgan fingerprint density at radius 1 is 1.33 bits per heavy atom. The minimum atomic E-state index is 0.549. The van der Waals surface area contributed by atoms with Gasteiger partial charge >= 0.3 is 0 Å². The van der Waals surface area contributed by atoms with Gasteiger partial charge in [-0.05, 0) is 30.9 Å². The van der Waals surface area contributed by atoms with Crippen LogP contribution in [-0.4, -0.2) is 30.6 Å². The number of fused-ring (bicyclic) bond motifs is 1. The van der Waals surface area contributed by atoms with E-state index in [9.17, 15) is 0 Å². The van der Waals surface area contributed by atoms with Gasteiger partial charge in [0.05, 0.1) is 10.2 Å². The van der Waals surface area contributed by atoms with Gasteiger partial charge in [0.15, 0.2) is 11.1 Å². The number of guanidine groups is 1. The van der Waals surface area contributed by atoms with Crippen LogP contribution in [0.5, 0.6) is 0 Å². The smallest absolute Gasteiger partial charge is 0.188 e. The first-order chi connectivity index (χ1) is 10.3. The second kappa shape index (κ2) is 6.76. The Labute approximate surface area is 128 Å². The maximum atomic E-state index is 5.84. The summed E-state index contributed by atoms with van der Waals surface area (Å²) in [6, 6.07) is 8.15. The quantitative estimate of drug-likeness (QED) is 0.435. The van der Waals surface area contributed by atoms with Crippen LogP contribution in [0.3, 0.4) is 0 Å². The average molecular weight is 303 g/mol. The normalized spacial score (nSPS) is 15.9. The average Bonchev–Trinajstić information content (AvgIpc) is 2.84. The summed E-state index contributed by atoms with van der Waals surface area (Å²) in [5, 5.41) is 7.39. The van der Waals surface area contributed by atoms with Crippen LogP contribution in [0, 0.1) is 5.92 Å². The fraction of sp³-hybridized carbons (Fsp3) is 0.467. The molecule has 0 unspecified atom stereocenters. The van der Waals surface area contributed by atoms with Gasteiger partial charge in [0, 0.05) is 19.6 Å². The predicted molar refractivity (Wildman–Crippen MR) is 89.9 cm³/mol. The van der Waals surface area contributed by atoms with Crippen LogP contribution < -0.4 is 16.4 Å². The molecule has 0 saturated heterocycles. The van der Waals surface area contributed by atoms with Crippen LogP contribution in [0.4, 0.5) is 5.13 Å². The minimum absolute atomic E-state index is 0.549. The lowest BCUT2D eigenvalue weighted by atomic mass is 9.86. The Bertz CT molecular complexity index is 584. The third-order valence-corrected chi connectivity index (χ3v) is 4.74. The van der Waals surface area contributed by atoms with E-state index in [1.165, 1.54) is 24.0 Å². The van der Waals surface area contributed by atoms with E-state index < -0.39 is 0 Å². The molecular formula is C15H21N5S. The summed E-state index contributed by atoms with van der Waals surface area (Å²) in [4.78, 5) is 8.89. The molecule has 1 aromatic heterocycles.